The molecule has 26 heteroatoms. The average molecular weight is 785 g/mol. The number of Topliss-reactive ketones (excluding diaryl/α,β-unsaturated/α-hetero) is 1. The van der Waals surface area contributed by atoms with E-state index in [1.54, 1.807) is 26.0 Å². The van der Waals surface area contributed by atoms with E-state index in [2.05, 4.69) is 33.8 Å². The molecule has 0 spiro atoms. The minimum absolute atomic E-state index is 0.0852. The topological polar surface area (TPSA) is 351 Å². The molecule has 284 valence electrons. The number of carbonyl (C=O) groups is 1. The van der Waals surface area contributed by atoms with Crippen molar-refractivity contribution in [3.8, 4) is 0 Å². The van der Waals surface area contributed by atoms with Crippen molar-refractivity contribution in [1.82, 2.24) is 34.6 Å². The number of imidazole rings is 1. The van der Waals surface area contributed by atoms with Gasteiger partial charge in [-0.3, -0.25) is 23.6 Å². The molecule has 4 aromatic heterocycles. The third kappa shape index (κ3) is 8.17. The number of aromatic nitrogens is 8. The summed E-state index contributed by atoms with van der Waals surface area (Å²) < 4.78 is 46.1. The van der Waals surface area contributed by atoms with E-state index in [-0.39, 0.29) is 45.8 Å². The van der Waals surface area contributed by atoms with Gasteiger partial charge < -0.3 is 40.4 Å². The Morgan fingerprint density at radius 2 is 1.81 bits per heavy atom. The maximum absolute atomic E-state index is 13.1. The summed E-state index contributed by atoms with van der Waals surface area (Å²) >= 11 is 0. The van der Waals surface area contributed by atoms with E-state index >= 15 is 0 Å². The second-order valence-corrected chi connectivity index (χ2v) is 14.9. The Bertz CT molecular complexity index is 2440. The highest BCUT2D eigenvalue weighted by atomic mass is 31.3. The number of nitrogens with two attached hydrogens (primary N) is 1. The van der Waals surface area contributed by atoms with Gasteiger partial charge in [0.2, 0.25) is 16.9 Å². The zero-order valence-electron chi connectivity index (χ0n) is 27.5. The third-order valence-corrected chi connectivity index (χ3v) is 10.7. The molecule has 1 fully saturated rings. The highest BCUT2D eigenvalue weighted by Crippen LogP contribution is 2.60. The number of ketones is 1. The molecular formula is C27H32N9O15P2+. The fraction of sp³-hybridized carbons (Fsp3) is 0.407. The van der Waals surface area contributed by atoms with Crippen molar-refractivity contribution < 1.29 is 66.5 Å². The summed E-state index contributed by atoms with van der Waals surface area (Å²) in [6.07, 6.45) is -5.85. The first-order valence-corrected chi connectivity index (χ1v) is 18.3. The number of H-pyrrole nitrogens is 2. The standard InChI is InChI=1S/C27H31N9O15P2/c1-11-3-13-14(4-12(11)2)35(25-20(32-13)26(41)34-27(42)33-25)5-15(37)21(39)16(38)6-48-52(43,44)51-53(45,46)49-8-17-22(40)18(7-47-17)50-36-10-31-19-23(28)29-9-30-24(19)36/h3-4,9-10,16-18,21-22,38-40H,5-8H2,1-2H3,(H5,28,29,30,34,41,42,43,44,45,46)/p+1/t16-,17-,18+,21+,22-/m1/s1. The van der Waals surface area contributed by atoms with Crippen LogP contribution < -0.4 is 26.4 Å². The Hall–Kier alpha value is -4.58. The quantitative estimate of drug-likeness (QED) is 0.0320. The van der Waals surface area contributed by atoms with Crippen LogP contribution in [0.3, 0.4) is 0 Å². The van der Waals surface area contributed by atoms with Gasteiger partial charge in [0, 0.05) is 0 Å². The minimum Gasteiger partial charge on any atom is -0.402 e. The number of rotatable bonds is 14. The number of ether oxygens (including phenoxy) is 1. The van der Waals surface area contributed by atoms with Crippen molar-refractivity contribution in [3.05, 3.63) is 56.8 Å². The van der Waals surface area contributed by atoms with Gasteiger partial charge in [0.05, 0.1) is 19.8 Å². The molecular weight excluding hydrogens is 752 g/mol. The summed E-state index contributed by atoms with van der Waals surface area (Å²) in [5.41, 5.74) is 6.12. The Morgan fingerprint density at radius 1 is 1.09 bits per heavy atom. The molecule has 6 rings (SSSR count). The van der Waals surface area contributed by atoms with Crippen molar-refractivity contribution in [1.29, 1.82) is 0 Å². The lowest BCUT2D eigenvalue weighted by molar-refractivity contribution is -0.634. The van der Waals surface area contributed by atoms with Crippen LogP contribution in [0.1, 0.15) is 11.1 Å². The number of hydrogen-bond donors (Lipinski definition) is 8. The number of hydrogen-bond acceptors (Lipinski definition) is 18. The molecule has 9 N–H and O–H groups in total. The van der Waals surface area contributed by atoms with E-state index in [0.29, 0.717) is 0 Å². The second kappa shape index (κ2) is 14.7. The maximum atomic E-state index is 13.1. The van der Waals surface area contributed by atoms with Crippen LogP contribution in [0.2, 0.25) is 0 Å². The predicted molar refractivity (Wildman–Crippen MR) is 176 cm³/mol. The van der Waals surface area contributed by atoms with Crippen LogP contribution in [-0.4, -0.2) is 116 Å². The summed E-state index contributed by atoms with van der Waals surface area (Å²) in [5.74, 6) is -1.01. The predicted octanol–water partition coefficient (Wildman–Crippen LogP) is -2.81. The largest absolute Gasteiger partial charge is 0.481 e. The first kappa shape index (κ1) is 38.2. The number of nitrogens with one attached hydrogen (secondary N) is 2. The maximum Gasteiger partial charge on any atom is 0.481 e. The van der Waals surface area contributed by atoms with Crippen LogP contribution in [0, 0.1) is 13.8 Å². The zero-order chi connectivity index (χ0) is 38.4. The number of aliphatic hydroxyl groups is 3. The normalized spacial score (nSPS) is 21.1. The highest BCUT2D eigenvalue weighted by Gasteiger charge is 2.42. The van der Waals surface area contributed by atoms with Crippen LogP contribution >= 0.6 is 15.6 Å². The number of aryl methyl sites for hydroxylation is 2. The molecule has 0 amide bonds. The van der Waals surface area contributed by atoms with Crippen LogP contribution in [-0.2, 0) is 38.6 Å². The third-order valence-electron chi connectivity index (χ3n) is 8.12. The average Bonchev–Trinajstić information content (AvgIpc) is 3.66. The fourth-order valence-electron chi connectivity index (χ4n) is 5.28. The smallest absolute Gasteiger partial charge is 0.402 e. The fourth-order valence-corrected chi connectivity index (χ4v) is 7.38. The van der Waals surface area contributed by atoms with E-state index in [1.807, 2.05) is 4.98 Å². The van der Waals surface area contributed by atoms with Gasteiger partial charge in [0.1, 0.15) is 42.6 Å². The van der Waals surface area contributed by atoms with E-state index in [9.17, 15) is 48.6 Å². The summed E-state index contributed by atoms with van der Waals surface area (Å²) in [5, 5.41) is 31.6. The molecule has 0 bridgehead atoms. The van der Waals surface area contributed by atoms with Crippen molar-refractivity contribution in [2.75, 3.05) is 25.6 Å². The van der Waals surface area contributed by atoms with Crippen molar-refractivity contribution in [2.45, 2.75) is 50.9 Å². The van der Waals surface area contributed by atoms with Crippen LogP contribution in [0.5, 0.6) is 0 Å². The first-order chi connectivity index (χ1) is 24.9. The number of nitrogens with zero attached hydrogens (tertiary/aromatic N) is 6. The SMILES string of the molecule is Cc1cc2nc3c(=O)[nH]c(=O)[nH]c3[n+](CC(=O)[C@H](O)[C@H](O)COP(=O)(O)OP(=O)(O)OC[C@H]3OC[C@H](On4cnc5c(N)ncnc54)[C@@H]3O)c2cc1C. The lowest BCUT2D eigenvalue weighted by Gasteiger charge is -2.21. The molecule has 0 saturated carbocycles. The van der Waals surface area contributed by atoms with Crippen molar-refractivity contribution >= 4 is 60.6 Å². The number of phosphoric ester groups is 2. The molecule has 0 aliphatic carbocycles. The Morgan fingerprint density at radius 3 is 2.57 bits per heavy atom. The number of benzene rings is 1. The van der Waals surface area contributed by atoms with Gasteiger partial charge >= 0.3 is 27.0 Å². The van der Waals surface area contributed by atoms with Gasteiger partial charge in [-0.1, -0.05) is 0 Å². The second-order valence-electron chi connectivity index (χ2n) is 11.8. The number of fused-ring (bicyclic) bond motifs is 3. The van der Waals surface area contributed by atoms with Gasteiger partial charge in [-0.15, -0.1) is 0 Å². The molecule has 1 saturated heterocycles. The Kier molecular flexibility index (Phi) is 10.6. The molecule has 1 aliphatic rings. The van der Waals surface area contributed by atoms with Crippen molar-refractivity contribution in [3.63, 3.8) is 0 Å². The summed E-state index contributed by atoms with van der Waals surface area (Å²) in [6.45, 7) is 0.498. The van der Waals surface area contributed by atoms with Gasteiger partial charge in [0.25, 0.3) is 5.56 Å². The lowest BCUT2D eigenvalue weighted by Crippen LogP contribution is -2.48. The van der Waals surface area contributed by atoms with E-state index in [1.165, 1.54) is 17.2 Å². The molecule has 5 heterocycles. The van der Waals surface area contributed by atoms with Gasteiger partial charge in [-0.2, -0.15) is 14.0 Å². The number of anilines is 1. The number of aliphatic hydroxyl groups excluding tert-OH is 3. The molecule has 7 atom stereocenters. The number of aromatic amines is 2. The number of carbonyl (C=O) groups excluding carboxylic acids is 1. The molecule has 24 nitrogen and oxygen atoms in total. The molecule has 0 radical (unpaired) electrons. The monoisotopic (exact) mass is 784 g/mol. The number of nitrogen functional groups attached to an aromatic ring is 1. The molecule has 2 unspecified atom stereocenters. The Balaban J connectivity index is 1.04. The van der Waals surface area contributed by atoms with Gasteiger partial charge in [-0.05, 0) is 37.1 Å². The van der Waals surface area contributed by atoms with Gasteiger partial charge in [-0.25, -0.2) is 38.4 Å². The van der Waals surface area contributed by atoms with E-state index in [4.69, 9.17) is 19.8 Å². The minimum atomic E-state index is -5.52. The first-order valence-electron chi connectivity index (χ1n) is 15.4. The molecule has 5 aromatic rings. The van der Waals surface area contributed by atoms with Crippen molar-refractivity contribution in [2.24, 2.45) is 0 Å². The molecule has 1 aliphatic heterocycles. The van der Waals surface area contributed by atoms with Crippen LogP contribution in [0.25, 0.3) is 33.4 Å². The lowest BCUT2D eigenvalue weighted by atomic mass is 10.1. The zero-order valence-corrected chi connectivity index (χ0v) is 29.3. The Labute approximate surface area is 294 Å². The molecule has 53 heavy (non-hydrogen) atoms. The summed E-state index contributed by atoms with van der Waals surface area (Å²) in [7, 11) is -10.9. The van der Waals surface area contributed by atoms with Crippen LogP contribution in [0.4, 0.5) is 5.82 Å². The highest BCUT2D eigenvalue weighted by molar-refractivity contribution is 7.61. The van der Waals surface area contributed by atoms with E-state index < -0.39 is 83.0 Å². The summed E-state index contributed by atoms with van der Waals surface area (Å²) in [6, 6.07) is 3.27. The molecule has 1 aromatic carbocycles. The number of phosphoric acid groups is 2. The summed E-state index contributed by atoms with van der Waals surface area (Å²) in [4.78, 5) is 84.0. The van der Waals surface area contributed by atoms with Gasteiger partial charge in [0.15, 0.2) is 29.5 Å². The van der Waals surface area contributed by atoms with Crippen LogP contribution in [0.15, 0.2) is 34.4 Å². The van der Waals surface area contributed by atoms with E-state index in [0.717, 1.165) is 15.9 Å².